The Morgan fingerprint density at radius 3 is 2.31 bits per heavy atom. The molecular weight excluding hydrogens is 346 g/mol. The molecule has 1 heterocycles. The van der Waals surface area contributed by atoms with Gasteiger partial charge in [0.25, 0.3) is 11.8 Å². The van der Waals surface area contributed by atoms with Crippen molar-refractivity contribution in [1.82, 2.24) is 0 Å². The Labute approximate surface area is 157 Å². The number of thioether (sulfide) groups is 1. The van der Waals surface area contributed by atoms with E-state index in [0.29, 0.717) is 27.7 Å². The number of imide groups is 1. The van der Waals surface area contributed by atoms with Gasteiger partial charge >= 0.3 is 0 Å². The Kier molecular flexibility index (Phi) is 5.18. The first-order valence-corrected chi connectivity index (χ1v) is 9.44. The van der Waals surface area contributed by atoms with Crippen LogP contribution in [-0.4, -0.2) is 24.7 Å². The molecule has 4 nitrogen and oxygen atoms in total. The lowest BCUT2D eigenvalue weighted by molar-refractivity contribution is -0.119. The summed E-state index contributed by atoms with van der Waals surface area (Å²) in [6, 6.07) is 12.9. The molecule has 1 aliphatic rings. The second kappa shape index (κ2) is 7.38. The van der Waals surface area contributed by atoms with Gasteiger partial charge in [0.1, 0.15) is 5.75 Å². The van der Waals surface area contributed by atoms with Crippen LogP contribution < -0.4 is 9.64 Å². The van der Waals surface area contributed by atoms with Crippen LogP contribution in [0.2, 0.25) is 0 Å². The number of nitrogens with zero attached hydrogens (tertiary/aromatic N) is 1. The van der Waals surface area contributed by atoms with E-state index in [1.54, 1.807) is 19.2 Å². The Morgan fingerprint density at radius 2 is 1.69 bits per heavy atom. The fourth-order valence-corrected chi connectivity index (χ4v) is 3.85. The second-order valence-electron chi connectivity index (χ2n) is 6.03. The third-order valence-corrected chi connectivity index (χ3v) is 5.48. The first kappa shape index (κ1) is 18.3. The van der Waals surface area contributed by atoms with Crippen molar-refractivity contribution in [2.45, 2.75) is 20.8 Å². The molecule has 0 saturated carbocycles. The molecule has 2 amide bonds. The Hall–Kier alpha value is -2.53. The van der Waals surface area contributed by atoms with Crippen molar-refractivity contribution in [2.75, 3.05) is 17.8 Å². The van der Waals surface area contributed by atoms with E-state index in [4.69, 9.17) is 4.74 Å². The summed E-state index contributed by atoms with van der Waals surface area (Å²) in [7, 11) is 1.60. The van der Waals surface area contributed by atoms with Gasteiger partial charge in [-0.1, -0.05) is 31.2 Å². The number of benzene rings is 2. The van der Waals surface area contributed by atoms with Gasteiger partial charge in [-0.15, -0.1) is 11.8 Å². The minimum absolute atomic E-state index is 0.249. The zero-order chi connectivity index (χ0) is 18.8. The largest absolute Gasteiger partial charge is 0.497 e. The number of anilines is 1. The molecule has 26 heavy (non-hydrogen) atoms. The normalized spacial score (nSPS) is 14.4. The number of ether oxygens (including phenoxy) is 1. The molecule has 2 aromatic carbocycles. The zero-order valence-corrected chi connectivity index (χ0v) is 16.1. The van der Waals surface area contributed by atoms with E-state index in [9.17, 15) is 9.59 Å². The predicted octanol–water partition coefficient (Wildman–Crippen LogP) is 4.35. The van der Waals surface area contributed by atoms with E-state index < -0.39 is 0 Å². The Bertz CT molecular complexity index is 900. The number of methoxy groups -OCH3 is 1. The molecule has 0 spiro atoms. The average molecular weight is 367 g/mol. The smallest absolute Gasteiger partial charge is 0.272 e. The first-order chi connectivity index (χ1) is 12.5. The predicted molar refractivity (Wildman–Crippen MR) is 106 cm³/mol. The van der Waals surface area contributed by atoms with Crippen molar-refractivity contribution in [3.63, 3.8) is 0 Å². The molecule has 0 atom stereocenters. The van der Waals surface area contributed by atoms with Crippen molar-refractivity contribution < 1.29 is 14.3 Å². The van der Waals surface area contributed by atoms with E-state index >= 15 is 0 Å². The summed E-state index contributed by atoms with van der Waals surface area (Å²) in [5.41, 5.74) is 3.83. The van der Waals surface area contributed by atoms with Crippen LogP contribution in [-0.2, 0) is 9.59 Å². The summed E-state index contributed by atoms with van der Waals surface area (Å²) in [5.74, 6) is 0.905. The standard InChI is InChI=1S/C21H21NO3S/c1-5-26-19-18(15-9-11-16(25-4)12-10-15)20(23)22(21(19)24)17-8-6-7-13(2)14(17)3/h6-12H,5H2,1-4H3. The molecule has 0 saturated heterocycles. The van der Waals surface area contributed by atoms with Crippen LogP contribution in [0.25, 0.3) is 5.57 Å². The molecule has 0 unspecified atom stereocenters. The van der Waals surface area contributed by atoms with Crippen molar-refractivity contribution >= 4 is 34.8 Å². The highest BCUT2D eigenvalue weighted by atomic mass is 32.2. The Morgan fingerprint density at radius 1 is 1.00 bits per heavy atom. The molecule has 0 bridgehead atoms. The number of amides is 2. The number of rotatable bonds is 5. The molecule has 0 N–H and O–H groups in total. The van der Waals surface area contributed by atoms with Gasteiger partial charge in [0, 0.05) is 0 Å². The number of carbonyl (C=O) groups is 2. The van der Waals surface area contributed by atoms with Crippen LogP contribution in [0.4, 0.5) is 5.69 Å². The maximum Gasteiger partial charge on any atom is 0.272 e. The van der Waals surface area contributed by atoms with Crippen LogP contribution >= 0.6 is 11.8 Å². The lowest BCUT2D eigenvalue weighted by Gasteiger charge is -2.19. The summed E-state index contributed by atoms with van der Waals surface area (Å²) in [6.07, 6.45) is 0. The van der Waals surface area contributed by atoms with Gasteiger partial charge in [-0.2, -0.15) is 0 Å². The molecular formula is C21H21NO3S. The summed E-state index contributed by atoms with van der Waals surface area (Å²) >= 11 is 1.41. The molecule has 0 radical (unpaired) electrons. The highest BCUT2D eigenvalue weighted by Crippen LogP contribution is 2.39. The SMILES string of the molecule is CCSC1=C(c2ccc(OC)cc2)C(=O)N(c2cccc(C)c2C)C1=O. The van der Waals surface area contributed by atoms with E-state index in [1.807, 2.05) is 51.1 Å². The van der Waals surface area contributed by atoms with Gasteiger partial charge in [0.2, 0.25) is 0 Å². The van der Waals surface area contributed by atoms with E-state index in [2.05, 4.69) is 0 Å². The molecule has 0 aromatic heterocycles. The quantitative estimate of drug-likeness (QED) is 0.737. The van der Waals surface area contributed by atoms with Gasteiger partial charge in [-0.3, -0.25) is 9.59 Å². The maximum atomic E-state index is 13.2. The van der Waals surface area contributed by atoms with Gasteiger partial charge < -0.3 is 4.74 Å². The highest BCUT2D eigenvalue weighted by Gasteiger charge is 2.40. The van der Waals surface area contributed by atoms with Crippen LogP contribution in [0.5, 0.6) is 5.75 Å². The summed E-state index contributed by atoms with van der Waals surface area (Å²) in [5, 5.41) is 0. The van der Waals surface area contributed by atoms with Gasteiger partial charge in [0.15, 0.2) is 0 Å². The molecule has 5 heteroatoms. The monoisotopic (exact) mass is 367 g/mol. The van der Waals surface area contributed by atoms with Crippen molar-refractivity contribution in [1.29, 1.82) is 0 Å². The zero-order valence-electron chi connectivity index (χ0n) is 15.3. The number of aryl methyl sites for hydroxylation is 1. The number of hydrogen-bond acceptors (Lipinski definition) is 4. The van der Waals surface area contributed by atoms with Crippen LogP contribution in [0, 0.1) is 13.8 Å². The molecule has 134 valence electrons. The molecule has 3 rings (SSSR count). The third-order valence-electron chi connectivity index (χ3n) is 4.53. The number of hydrogen-bond donors (Lipinski definition) is 0. The summed E-state index contributed by atoms with van der Waals surface area (Å²) in [4.78, 5) is 28.1. The minimum atomic E-state index is -0.273. The average Bonchev–Trinajstić information content (AvgIpc) is 2.88. The lowest BCUT2D eigenvalue weighted by atomic mass is 10.1. The van der Waals surface area contributed by atoms with Gasteiger partial charge in [-0.25, -0.2) is 4.90 Å². The van der Waals surface area contributed by atoms with E-state index in [-0.39, 0.29) is 11.8 Å². The number of carbonyl (C=O) groups excluding carboxylic acids is 2. The van der Waals surface area contributed by atoms with Gasteiger partial charge in [-0.05, 0) is 54.5 Å². The summed E-state index contributed by atoms with van der Waals surface area (Å²) in [6.45, 7) is 5.88. The third kappa shape index (κ3) is 3.03. The minimum Gasteiger partial charge on any atom is -0.497 e. The first-order valence-electron chi connectivity index (χ1n) is 8.46. The molecule has 2 aromatic rings. The van der Waals surface area contributed by atoms with E-state index in [0.717, 1.165) is 16.7 Å². The molecule has 0 aliphatic carbocycles. The van der Waals surface area contributed by atoms with Crippen molar-refractivity contribution in [2.24, 2.45) is 0 Å². The fourth-order valence-electron chi connectivity index (χ4n) is 3.00. The maximum absolute atomic E-state index is 13.2. The van der Waals surface area contributed by atoms with Crippen LogP contribution in [0.15, 0.2) is 47.4 Å². The van der Waals surface area contributed by atoms with Gasteiger partial charge in [0.05, 0.1) is 23.3 Å². The van der Waals surface area contributed by atoms with Crippen molar-refractivity contribution in [3.05, 3.63) is 64.1 Å². The molecule has 1 aliphatic heterocycles. The second-order valence-corrected chi connectivity index (χ2v) is 7.30. The topological polar surface area (TPSA) is 46.6 Å². The highest BCUT2D eigenvalue weighted by molar-refractivity contribution is 8.04. The lowest BCUT2D eigenvalue weighted by Crippen LogP contribution is -2.32. The van der Waals surface area contributed by atoms with Crippen molar-refractivity contribution in [3.8, 4) is 5.75 Å². The Balaban J connectivity index is 2.10. The summed E-state index contributed by atoms with van der Waals surface area (Å²) < 4.78 is 5.19. The molecule has 0 fully saturated rings. The van der Waals surface area contributed by atoms with E-state index in [1.165, 1.54) is 16.7 Å². The van der Waals surface area contributed by atoms with Crippen LogP contribution in [0.1, 0.15) is 23.6 Å². The van der Waals surface area contributed by atoms with Crippen LogP contribution in [0.3, 0.4) is 0 Å². The fraction of sp³-hybridized carbons (Fsp3) is 0.238.